The maximum Gasteiger partial charge on any atom is 0.164 e. The molecule has 16 aromatic rings. The summed E-state index contributed by atoms with van der Waals surface area (Å²) < 4.78 is 9.48. The summed E-state index contributed by atoms with van der Waals surface area (Å²) in [5.74, 6) is 1.83. The molecule has 0 atom stereocenters. The number of hydrogen-bond donors (Lipinski definition) is 0. The minimum absolute atomic E-state index is 0.596. The molecule has 0 fully saturated rings. The van der Waals surface area contributed by atoms with E-state index in [9.17, 15) is 0 Å². The molecule has 5 aromatic heterocycles. The second-order valence-corrected chi connectivity index (χ2v) is 20.5. The number of hydrogen-bond acceptors (Lipinski definition) is 3. The summed E-state index contributed by atoms with van der Waals surface area (Å²) in [5.41, 5.74) is 18.4. The molecule has 16 rings (SSSR count). The lowest BCUT2D eigenvalue weighted by Gasteiger charge is -2.15. The highest BCUT2D eigenvalue weighted by atomic mass is 15.0. The topological polar surface area (TPSA) is 58.4 Å². The lowest BCUT2D eigenvalue weighted by molar-refractivity contribution is 1.07. The van der Waals surface area contributed by atoms with Gasteiger partial charge in [0.15, 0.2) is 17.5 Å². The van der Waals surface area contributed by atoms with Crippen LogP contribution >= 0.6 is 0 Å². The van der Waals surface area contributed by atoms with Crippen LogP contribution in [0.1, 0.15) is 0 Å². The van der Waals surface area contributed by atoms with Crippen molar-refractivity contribution in [1.82, 2.24) is 33.2 Å². The van der Waals surface area contributed by atoms with Crippen LogP contribution in [-0.4, -0.2) is 33.2 Å². The monoisotopic (exact) mass is 1020 g/mol. The molecule has 0 saturated carbocycles. The maximum atomic E-state index is 5.26. The first-order valence-corrected chi connectivity index (χ1v) is 27.1. The molecule has 7 nitrogen and oxygen atoms in total. The number of rotatable bonds is 9. The molecule has 5 heterocycles. The van der Waals surface area contributed by atoms with Gasteiger partial charge < -0.3 is 18.3 Å². The Kier molecular flexibility index (Phi) is 10.4. The molecule has 0 aliphatic rings. The fraction of sp³-hybridized carbons (Fsp3) is 0. The molecule has 0 aliphatic heterocycles. The summed E-state index contributed by atoms with van der Waals surface area (Å²) >= 11 is 0. The summed E-state index contributed by atoms with van der Waals surface area (Å²) in [6.45, 7) is 0. The Labute approximate surface area is 460 Å². The fourth-order valence-corrected chi connectivity index (χ4v) is 12.2. The first kappa shape index (κ1) is 45.3. The molecule has 0 N–H and O–H groups in total. The lowest BCUT2D eigenvalue weighted by atomic mass is 10.00. The van der Waals surface area contributed by atoms with Crippen LogP contribution in [-0.2, 0) is 0 Å². The number of fused-ring (bicyclic) bond motifs is 10. The minimum Gasteiger partial charge on any atom is -0.316 e. The van der Waals surface area contributed by atoms with E-state index in [1.54, 1.807) is 0 Å². The quantitative estimate of drug-likeness (QED) is 0.145. The summed E-state index contributed by atoms with van der Waals surface area (Å²) in [6.07, 6.45) is 4.40. The van der Waals surface area contributed by atoms with Crippen molar-refractivity contribution in [3.63, 3.8) is 0 Å². The summed E-state index contributed by atoms with van der Waals surface area (Å²) in [4.78, 5) is 15.6. The van der Waals surface area contributed by atoms with Gasteiger partial charge in [-0.25, -0.2) is 15.0 Å². The number of aromatic nitrogens is 7. The Morgan fingerprint density at radius 2 is 0.588 bits per heavy atom. The van der Waals surface area contributed by atoms with E-state index in [0.29, 0.717) is 17.5 Å². The highest BCUT2D eigenvalue weighted by molar-refractivity contribution is 6.21. The highest BCUT2D eigenvalue weighted by Crippen LogP contribution is 2.44. The third kappa shape index (κ3) is 7.40. The molecule has 80 heavy (non-hydrogen) atoms. The van der Waals surface area contributed by atoms with E-state index in [4.69, 9.17) is 15.0 Å². The molecule has 0 unspecified atom stereocenters. The van der Waals surface area contributed by atoms with Gasteiger partial charge in [0, 0.05) is 84.2 Å². The zero-order chi connectivity index (χ0) is 52.7. The average Bonchev–Trinajstić information content (AvgIpc) is 4.51. The van der Waals surface area contributed by atoms with E-state index in [0.717, 1.165) is 99.9 Å². The van der Waals surface area contributed by atoms with E-state index >= 15 is 0 Å². The Bertz CT molecular complexity index is 4960. The zero-order valence-electron chi connectivity index (χ0n) is 43.3. The summed E-state index contributed by atoms with van der Waals surface area (Å²) in [5, 5.41) is 7.10. The number of para-hydroxylation sites is 3. The predicted octanol–water partition coefficient (Wildman–Crippen LogP) is 18.3. The van der Waals surface area contributed by atoms with Crippen molar-refractivity contribution in [2.45, 2.75) is 0 Å². The van der Waals surface area contributed by atoms with Crippen LogP contribution in [0, 0.1) is 0 Å². The van der Waals surface area contributed by atoms with Gasteiger partial charge in [0.2, 0.25) is 0 Å². The van der Waals surface area contributed by atoms with E-state index in [1.807, 2.05) is 36.4 Å². The van der Waals surface area contributed by atoms with Crippen molar-refractivity contribution in [3.8, 4) is 79.2 Å². The Morgan fingerprint density at radius 3 is 1.05 bits per heavy atom. The first-order chi connectivity index (χ1) is 39.7. The summed E-state index contributed by atoms with van der Waals surface area (Å²) in [7, 11) is 0. The maximum absolute atomic E-state index is 5.26. The van der Waals surface area contributed by atoms with Gasteiger partial charge in [-0.1, -0.05) is 170 Å². The third-order valence-corrected chi connectivity index (χ3v) is 15.8. The van der Waals surface area contributed by atoms with E-state index in [2.05, 4.69) is 267 Å². The van der Waals surface area contributed by atoms with E-state index in [1.165, 1.54) is 27.2 Å². The molecule has 0 radical (unpaired) electrons. The van der Waals surface area contributed by atoms with Crippen molar-refractivity contribution in [2.24, 2.45) is 0 Å². The molecule has 0 amide bonds. The van der Waals surface area contributed by atoms with E-state index < -0.39 is 0 Å². The van der Waals surface area contributed by atoms with Crippen molar-refractivity contribution in [3.05, 3.63) is 285 Å². The largest absolute Gasteiger partial charge is 0.316 e. The smallest absolute Gasteiger partial charge is 0.164 e. The second-order valence-electron chi connectivity index (χ2n) is 20.5. The van der Waals surface area contributed by atoms with Gasteiger partial charge in [-0.05, 0) is 125 Å². The molecule has 0 saturated heterocycles. The van der Waals surface area contributed by atoms with Gasteiger partial charge >= 0.3 is 0 Å². The predicted molar refractivity (Wildman–Crippen MR) is 329 cm³/mol. The second kappa shape index (κ2) is 18.4. The average molecular weight is 1020 g/mol. The number of nitrogens with zero attached hydrogens (tertiary/aromatic N) is 7. The molecule has 11 aromatic carbocycles. The van der Waals surface area contributed by atoms with Gasteiger partial charge in [-0.15, -0.1) is 0 Å². The van der Waals surface area contributed by atoms with Crippen molar-refractivity contribution in [1.29, 1.82) is 0 Å². The van der Waals surface area contributed by atoms with Crippen LogP contribution in [0.4, 0.5) is 0 Å². The van der Waals surface area contributed by atoms with Gasteiger partial charge in [-0.2, -0.15) is 0 Å². The van der Waals surface area contributed by atoms with Crippen LogP contribution < -0.4 is 0 Å². The molecular weight excluding hydrogens is 975 g/mol. The molecule has 374 valence electrons. The van der Waals surface area contributed by atoms with Gasteiger partial charge in [0.05, 0.1) is 33.1 Å². The van der Waals surface area contributed by atoms with Gasteiger partial charge in [0.25, 0.3) is 0 Å². The lowest BCUT2D eigenvalue weighted by Crippen LogP contribution is -2.02. The van der Waals surface area contributed by atoms with Crippen LogP contribution in [0.2, 0.25) is 0 Å². The molecule has 0 bridgehead atoms. The van der Waals surface area contributed by atoms with Crippen LogP contribution in [0.15, 0.2) is 285 Å². The van der Waals surface area contributed by atoms with Crippen molar-refractivity contribution < 1.29 is 0 Å². The molecule has 7 heteroatoms. The van der Waals surface area contributed by atoms with Crippen molar-refractivity contribution >= 4 is 65.4 Å². The van der Waals surface area contributed by atoms with E-state index in [-0.39, 0.29) is 0 Å². The third-order valence-electron chi connectivity index (χ3n) is 15.8. The number of benzene rings is 11. The standard InChI is InChI=1S/C73H47N7/c1-7-19-48(20-8-1)53-43-54(73-75-71(49-21-9-2-10-22-49)74-72(76-73)50-23-11-3-12-24-50)45-58(44-53)80-68-36-32-52(47-64(68)60-34-38-66-62(70(60)80)40-42-78(66)56-27-15-5-16-28-56)51-31-35-67-63(46-51)59-33-37-65-61(39-41-77(65)55-25-13-4-14-26-55)69(59)79(67)57-29-17-6-18-30-57/h1-47H. The Balaban J connectivity index is 0.930. The Hall–Kier alpha value is -10.9. The SMILES string of the molecule is c1ccc(-c2cc(-c3nc(-c4ccccc4)nc(-c4ccccc4)n3)cc(-n3c4ccc(-c5ccc6c(c5)c5ccc7c(ccn7-c7ccccc7)c5n6-c5ccccc5)cc4c4ccc5c(ccn5-c5ccccc5)c43)c2)cc1. The minimum atomic E-state index is 0.596. The molecular formula is C73H47N7. The first-order valence-electron chi connectivity index (χ1n) is 27.1. The Morgan fingerprint density at radius 1 is 0.212 bits per heavy atom. The van der Waals surface area contributed by atoms with Crippen LogP contribution in [0.3, 0.4) is 0 Å². The fourth-order valence-electron chi connectivity index (χ4n) is 12.2. The molecule has 0 spiro atoms. The van der Waals surface area contributed by atoms with Crippen molar-refractivity contribution in [2.75, 3.05) is 0 Å². The summed E-state index contributed by atoms with van der Waals surface area (Å²) in [6, 6.07) is 97.5. The zero-order valence-corrected chi connectivity index (χ0v) is 43.3. The van der Waals surface area contributed by atoms with Gasteiger partial charge in [-0.3, -0.25) is 0 Å². The van der Waals surface area contributed by atoms with Crippen LogP contribution in [0.5, 0.6) is 0 Å². The normalized spacial score (nSPS) is 11.8. The molecule has 0 aliphatic carbocycles. The highest BCUT2D eigenvalue weighted by Gasteiger charge is 2.23. The van der Waals surface area contributed by atoms with Crippen LogP contribution in [0.25, 0.3) is 145 Å². The van der Waals surface area contributed by atoms with Gasteiger partial charge in [0.1, 0.15) is 0 Å².